The van der Waals surface area contributed by atoms with E-state index in [0.29, 0.717) is 23.0 Å². The van der Waals surface area contributed by atoms with Crippen molar-refractivity contribution in [1.82, 2.24) is 19.1 Å². The van der Waals surface area contributed by atoms with E-state index in [2.05, 4.69) is 46.8 Å². The maximum atomic E-state index is 13.0. The van der Waals surface area contributed by atoms with Crippen molar-refractivity contribution < 1.29 is 4.79 Å². The average Bonchev–Trinajstić information content (AvgIpc) is 3.43. The Kier molecular flexibility index (Phi) is 5.36. The predicted molar refractivity (Wildman–Crippen MR) is 119 cm³/mol. The van der Waals surface area contributed by atoms with E-state index in [1.807, 2.05) is 60.9 Å². The lowest BCUT2D eigenvalue weighted by Crippen LogP contribution is -2.05. The van der Waals surface area contributed by atoms with E-state index in [1.54, 1.807) is 12.4 Å². The van der Waals surface area contributed by atoms with Crippen LogP contribution in [0, 0.1) is 0 Å². The van der Waals surface area contributed by atoms with Gasteiger partial charge in [-0.3, -0.25) is 4.79 Å². The monoisotopic (exact) mass is 398 g/mol. The van der Waals surface area contributed by atoms with E-state index in [9.17, 15) is 4.79 Å². The zero-order chi connectivity index (χ0) is 21.3. The van der Waals surface area contributed by atoms with E-state index in [1.165, 1.54) is 0 Å². The van der Waals surface area contributed by atoms with Gasteiger partial charge in [0.1, 0.15) is 11.6 Å². The molecule has 0 fully saturated rings. The summed E-state index contributed by atoms with van der Waals surface area (Å²) in [6.07, 6.45) is 7.51. The van der Waals surface area contributed by atoms with Crippen molar-refractivity contribution in [3.63, 3.8) is 0 Å². The van der Waals surface area contributed by atoms with Crippen molar-refractivity contribution in [3.05, 3.63) is 96.1 Å². The fourth-order valence-corrected chi connectivity index (χ4v) is 3.63. The zero-order valence-electron chi connectivity index (χ0n) is 17.8. The molecule has 0 atom stereocenters. The summed E-state index contributed by atoms with van der Waals surface area (Å²) in [7, 11) is 0. The van der Waals surface area contributed by atoms with Crippen molar-refractivity contribution in [2.24, 2.45) is 0 Å². The molecule has 0 N–H and O–H groups in total. The van der Waals surface area contributed by atoms with E-state index < -0.39 is 0 Å². The summed E-state index contributed by atoms with van der Waals surface area (Å²) in [6.45, 7) is 8.48. The molecular weight excluding hydrogens is 372 g/mol. The van der Waals surface area contributed by atoms with Gasteiger partial charge in [-0.15, -0.1) is 0 Å². The highest BCUT2D eigenvalue weighted by atomic mass is 16.1. The number of nitrogens with zero attached hydrogens (tertiary/aromatic N) is 4. The zero-order valence-corrected chi connectivity index (χ0v) is 17.8. The average molecular weight is 399 g/mol. The lowest BCUT2D eigenvalue weighted by molar-refractivity contribution is 0.103. The fraction of sp³-hybridized carbons (Fsp3) is 0.240. The Hall–Kier alpha value is -3.47. The molecule has 0 saturated carbocycles. The molecule has 0 bridgehead atoms. The van der Waals surface area contributed by atoms with Crippen molar-refractivity contribution in [3.8, 4) is 11.4 Å². The third-order valence-corrected chi connectivity index (χ3v) is 5.19. The van der Waals surface area contributed by atoms with E-state index in [0.717, 1.165) is 23.0 Å². The second-order valence-corrected chi connectivity index (χ2v) is 8.04. The van der Waals surface area contributed by atoms with Gasteiger partial charge >= 0.3 is 0 Å². The van der Waals surface area contributed by atoms with Crippen LogP contribution < -0.4 is 0 Å². The highest BCUT2D eigenvalue weighted by molar-refractivity contribution is 6.09. The molecule has 5 heteroatoms. The third-order valence-electron chi connectivity index (χ3n) is 5.19. The molecular formula is C25H26N4O. The SMILES string of the molecule is CC(C)c1nccn1-c1ccc(C(=O)c2ccc(-n3ccnc3C(C)C)cc2)cc1. The standard InChI is InChI=1S/C25H26N4O/c1-17(2)24-26-13-15-28(24)21-9-5-19(6-10-21)23(30)20-7-11-22(12-8-20)29-16-14-27-25(29)18(3)4/h5-18H,1-4H3. The summed E-state index contributed by atoms with van der Waals surface area (Å²) in [6, 6.07) is 15.4. The molecule has 0 saturated heterocycles. The summed E-state index contributed by atoms with van der Waals surface area (Å²) in [5, 5.41) is 0. The maximum absolute atomic E-state index is 13.0. The van der Waals surface area contributed by atoms with Crippen molar-refractivity contribution in [1.29, 1.82) is 0 Å². The molecule has 5 nitrogen and oxygen atoms in total. The third kappa shape index (κ3) is 3.71. The van der Waals surface area contributed by atoms with Crippen LogP contribution in [0.3, 0.4) is 0 Å². The molecule has 4 rings (SSSR count). The molecule has 0 aliphatic rings. The summed E-state index contributed by atoms with van der Waals surface area (Å²) in [5.74, 6) is 2.67. The fourth-order valence-electron chi connectivity index (χ4n) is 3.63. The van der Waals surface area contributed by atoms with E-state index >= 15 is 0 Å². The minimum atomic E-state index is 0.0116. The van der Waals surface area contributed by atoms with Gasteiger partial charge in [-0.2, -0.15) is 0 Å². The quantitative estimate of drug-likeness (QED) is 0.401. The van der Waals surface area contributed by atoms with Crippen LogP contribution in [0.5, 0.6) is 0 Å². The molecule has 152 valence electrons. The molecule has 0 radical (unpaired) electrons. The van der Waals surface area contributed by atoms with Gasteiger partial charge in [0, 0.05) is 59.1 Å². The van der Waals surface area contributed by atoms with Crippen molar-refractivity contribution >= 4 is 5.78 Å². The molecule has 4 aromatic rings. The summed E-state index contributed by atoms with van der Waals surface area (Å²) in [4.78, 5) is 21.8. The highest BCUT2D eigenvalue weighted by Crippen LogP contribution is 2.21. The summed E-state index contributed by atoms with van der Waals surface area (Å²) >= 11 is 0. The Balaban J connectivity index is 1.56. The van der Waals surface area contributed by atoms with Crippen LogP contribution in [0.1, 0.15) is 67.1 Å². The number of aromatic nitrogens is 4. The topological polar surface area (TPSA) is 52.7 Å². The van der Waals surface area contributed by atoms with Crippen molar-refractivity contribution in [2.75, 3.05) is 0 Å². The highest BCUT2D eigenvalue weighted by Gasteiger charge is 2.13. The minimum absolute atomic E-state index is 0.0116. The number of carbonyl (C=O) groups excluding carboxylic acids is 1. The van der Waals surface area contributed by atoms with Gasteiger partial charge in [-0.05, 0) is 48.5 Å². The Bertz CT molecular complexity index is 1060. The second-order valence-electron chi connectivity index (χ2n) is 8.04. The Morgan fingerprint density at radius 1 is 0.667 bits per heavy atom. The number of hydrogen-bond acceptors (Lipinski definition) is 3. The van der Waals surface area contributed by atoms with Gasteiger partial charge in [0.05, 0.1) is 0 Å². The number of carbonyl (C=O) groups is 1. The largest absolute Gasteiger partial charge is 0.304 e. The molecule has 2 aromatic heterocycles. The molecule has 2 aromatic carbocycles. The number of benzene rings is 2. The molecule has 0 unspecified atom stereocenters. The minimum Gasteiger partial charge on any atom is -0.304 e. The smallest absolute Gasteiger partial charge is 0.193 e. The van der Waals surface area contributed by atoms with E-state index in [4.69, 9.17) is 0 Å². The normalized spacial score (nSPS) is 11.4. The van der Waals surface area contributed by atoms with Gasteiger partial charge in [0.15, 0.2) is 5.78 Å². The summed E-state index contributed by atoms with van der Waals surface area (Å²) in [5.41, 5.74) is 3.35. The van der Waals surface area contributed by atoms with Gasteiger partial charge in [-0.25, -0.2) is 9.97 Å². The molecule has 0 aliphatic heterocycles. The van der Waals surface area contributed by atoms with Crippen LogP contribution in [-0.4, -0.2) is 24.9 Å². The summed E-state index contributed by atoms with van der Waals surface area (Å²) < 4.78 is 4.12. The first-order valence-corrected chi connectivity index (χ1v) is 10.3. The van der Waals surface area contributed by atoms with Crippen LogP contribution in [0.15, 0.2) is 73.3 Å². The van der Waals surface area contributed by atoms with Crippen LogP contribution >= 0.6 is 0 Å². The Morgan fingerprint density at radius 3 is 1.37 bits per heavy atom. The lowest BCUT2D eigenvalue weighted by Gasteiger charge is -2.12. The van der Waals surface area contributed by atoms with Crippen LogP contribution in [0.25, 0.3) is 11.4 Å². The first kappa shape index (κ1) is 19.8. The van der Waals surface area contributed by atoms with Gasteiger partial charge in [0.2, 0.25) is 0 Å². The van der Waals surface area contributed by atoms with Gasteiger partial charge in [0.25, 0.3) is 0 Å². The Morgan fingerprint density at radius 2 is 1.03 bits per heavy atom. The number of hydrogen-bond donors (Lipinski definition) is 0. The molecule has 0 spiro atoms. The lowest BCUT2D eigenvalue weighted by atomic mass is 10.0. The molecule has 0 amide bonds. The van der Waals surface area contributed by atoms with E-state index in [-0.39, 0.29) is 5.78 Å². The van der Waals surface area contributed by atoms with Crippen LogP contribution in [-0.2, 0) is 0 Å². The second kappa shape index (κ2) is 8.11. The molecule has 0 aliphatic carbocycles. The first-order chi connectivity index (χ1) is 14.5. The van der Waals surface area contributed by atoms with Gasteiger partial charge < -0.3 is 9.13 Å². The van der Waals surface area contributed by atoms with Crippen molar-refractivity contribution in [2.45, 2.75) is 39.5 Å². The van der Waals surface area contributed by atoms with Crippen LogP contribution in [0.4, 0.5) is 0 Å². The van der Waals surface area contributed by atoms with Crippen LogP contribution in [0.2, 0.25) is 0 Å². The predicted octanol–water partition coefficient (Wildman–Crippen LogP) is 5.54. The number of ketones is 1. The first-order valence-electron chi connectivity index (χ1n) is 10.3. The van der Waals surface area contributed by atoms with Gasteiger partial charge in [-0.1, -0.05) is 27.7 Å². The maximum Gasteiger partial charge on any atom is 0.193 e. The molecule has 2 heterocycles. The Labute approximate surface area is 177 Å². The molecule has 30 heavy (non-hydrogen) atoms. The number of rotatable bonds is 6. The number of imidazole rings is 2.